The van der Waals surface area contributed by atoms with E-state index in [2.05, 4.69) is 0 Å². The predicted octanol–water partition coefficient (Wildman–Crippen LogP) is 0.682. The van der Waals surface area contributed by atoms with Crippen LogP contribution < -0.4 is 10.2 Å². The summed E-state index contributed by atoms with van der Waals surface area (Å²) in [7, 11) is -0.231. The fourth-order valence-corrected chi connectivity index (χ4v) is 1.42. The van der Waals surface area contributed by atoms with Gasteiger partial charge in [-0.2, -0.15) is 0 Å². The summed E-state index contributed by atoms with van der Waals surface area (Å²) in [4.78, 5) is 0. The van der Waals surface area contributed by atoms with Crippen LogP contribution in [0.25, 0.3) is 0 Å². The first-order valence-electron chi connectivity index (χ1n) is 3.45. The largest absolute Gasteiger partial charge is 0.495 e. The highest BCUT2D eigenvalue weighted by molar-refractivity contribution is 6.63. The molecule has 0 amide bonds. The van der Waals surface area contributed by atoms with Crippen molar-refractivity contribution in [1.82, 2.24) is 0 Å². The smallest absolute Gasteiger partial charge is 0.490 e. The molecular weight excluding hydrogens is 214 g/mol. The quantitative estimate of drug-likeness (QED) is 0.721. The van der Waals surface area contributed by atoms with Gasteiger partial charge in [-0.25, -0.2) is 0 Å². The summed E-state index contributed by atoms with van der Waals surface area (Å²) in [6.45, 7) is 0. The van der Waals surface area contributed by atoms with Crippen molar-refractivity contribution in [1.29, 1.82) is 0 Å². The molecule has 1 aromatic carbocycles. The van der Waals surface area contributed by atoms with E-state index in [1.54, 1.807) is 0 Å². The van der Waals surface area contributed by atoms with Crippen LogP contribution in [-0.4, -0.2) is 24.3 Å². The topological polar surface area (TPSA) is 49.7 Å². The first-order chi connectivity index (χ1) is 6.06. The third-order valence-corrected chi connectivity index (χ3v) is 2.15. The molecule has 13 heavy (non-hydrogen) atoms. The maximum atomic E-state index is 8.91. The minimum Gasteiger partial charge on any atom is -0.495 e. The highest BCUT2D eigenvalue weighted by atomic mass is 35.5. The molecule has 0 aliphatic carbocycles. The average molecular weight is 221 g/mol. The molecule has 0 fully saturated rings. The Morgan fingerprint density at radius 3 is 2.38 bits per heavy atom. The monoisotopic (exact) mass is 220 g/mol. The third-order valence-electron chi connectivity index (χ3n) is 1.53. The number of benzene rings is 1. The normalized spacial score (nSPS) is 9.92. The Kier molecular flexibility index (Phi) is 3.44. The molecule has 0 aromatic heterocycles. The molecule has 0 spiro atoms. The lowest BCUT2D eigenvalue weighted by atomic mass is 9.80. The molecule has 0 atom stereocenters. The summed E-state index contributed by atoms with van der Waals surface area (Å²) in [5.74, 6) is 0.317. The summed E-state index contributed by atoms with van der Waals surface area (Å²) >= 11 is 11.5. The Morgan fingerprint density at radius 2 is 1.92 bits per heavy atom. The third kappa shape index (κ3) is 2.28. The van der Waals surface area contributed by atoms with E-state index in [1.807, 2.05) is 0 Å². The zero-order valence-corrected chi connectivity index (χ0v) is 8.30. The molecule has 3 nitrogen and oxygen atoms in total. The van der Waals surface area contributed by atoms with Gasteiger partial charge in [-0.3, -0.25) is 0 Å². The van der Waals surface area contributed by atoms with Crippen molar-refractivity contribution in [3.63, 3.8) is 0 Å². The van der Waals surface area contributed by atoms with Gasteiger partial charge in [0.1, 0.15) is 5.75 Å². The SMILES string of the molecule is COc1cc(Cl)cc(B(O)O)c1Cl. The second-order valence-electron chi connectivity index (χ2n) is 2.38. The standard InChI is InChI=1S/C7H7BCl2O3/c1-13-6-3-4(9)2-5(7(6)10)8(11)12/h2-3,11-12H,1H3. The summed E-state index contributed by atoms with van der Waals surface area (Å²) in [6.07, 6.45) is 0. The summed E-state index contributed by atoms with van der Waals surface area (Å²) in [5.41, 5.74) is 0.131. The van der Waals surface area contributed by atoms with Crippen LogP contribution >= 0.6 is 23.2 Å². The number of rotatable bonds is 2. The van der Waals surface area contributed by atoms with Gasteiger partial charge in [0.2, 0.25) is 0 Å². The van der Waals surface area contributed by atoms with E-state index in [-0.39, 0.29) is 10.5 Å². The Morgan fingerprint density at radius 1 is 1.31 bits per heavy atom. The first kappa shape index (κ1) is 10.7. The predicted molar refractivity (Wildman–Crippen MR) is 52.8 cm³/mol. The Labute approximate surface area is 86.0 Å². The molecular formula is C7H7BCl2O3. The maximum Gasteiger partial charge on any atom is 0.490 e. The van der Waals surface area contributed by atoms with Gasteiger partial charge in [0.15, 0.2) is 0 Å². The lowest BCUT2D eigenvalue weighted by Gasteiger charge is -2.08. The van der Waals surface area contributed by atoms with E-state index in [1.165, 1.54) is 19.2 Å². The maximum absolute atomic E-state index is 8.91. The Bertz CT molecular complexity index is 317. The zero-order valence-electron chi connectivity index (χ0n) is 6.79. The van der Waals surface area contributed by atoms with Crippen LogP contribution in [0.1, 0.15) is 0 Å². The van der Waals surface area contributed by atoms with E-state index in [4.69, 9.17) is 38.0 Å². The van der Waals surface area contributed by atoms with Crippen LogP contribution in [0.15, 0.2) is 12.1 Å². The number of methoxy groups -OCH3 is 1. The molecule has 0 unspecified atom stereocenters. The molecule has 1 rings (SSSR count). The summed E-state index contributed by atoms with van der Waals surface area (Å²) in [6, 6.07) is 2.87. The van der Waals surface area contributed by atoms with Crippen molar-refractivity contribution in [2.24, 2.45) is 0 Å². The van der Waals surface area contributed by atoms with E-state index in [9.17, 15) is 0 Å². The molecule has 6 heteroatoms. The lowest BCUT2D eigenvalue weighted by Crippen LogP contribution is -2.31. The van der Waals surface area contributed by atoms with Crippen molar-refractivity contribution < 1.29 is 14.8 Å². The molecule has 2 N–H and O–H groups in total. The molecule has 0 bridgehead atoms. The average Bonchev–Trinajstić information content (AvgIpc) is 2.08. The molecule has 1 aromatic rings. The van der Waals surface area contributed by atoms with E-state index in [0.29, 0.717) is 10.8 Å². The van der Waals surface area contributed by atoms with Gasteiger partial charge in [0.05, 0.1) is 12.1 Å². The molecule has 0 aliphatic rings. The van der Waals surface area contributed by atoms with Gasteiger partial charge in [0.25, 0.3) is 0 Å². The minimum atomic E-state index is -1.65. The summed E-state index contributed by atoms with van der Waals surface area (Å²) in [5, 5.41) is 18.3. The first-order valence-corrected chi connectivity index (χ1v) is 4.21. The van der Waals surface area contributed by atoms with Gasteiger partial charge in [-0.15, -0.1) is 0 Å². The van der Waals surface area contributed by atoms with Crippen molar-refractivity contribution in [3.05, 3.63) is 22.2 Å². The molecule has 70 valence electrons. The molecule has 0 aliphatic heterocycles. The van der Waals surface area contributed by atoms with Crippen molar-refractivity contribution in [3.8, 4) is 5.75 Å². The van der Waals surface area contributed by atoms with E-state index < -0.39 is 7.12 Å². The van der Waals surface area contributed by atoms with Crippen molar-refractivity contribution in [2.45, 2.75) is 0 Å². The number of halogens is 2. The Hall–Kier alpha value is -0.415. The van der Waals surface area contributed by atoms with Crippen LogP contribution in [0.5, 0.6) is 5.75 Å². The molecule has 0 saturated heterocycles. The van der Waals surface area contributed by atoms with Crippen LogP contribution in [0.3, 0.4) is 0 Å². The second kappa shape index (κ2) is 4.20. The fourth-order valence-electron chi connectivity index (χ4n) is 0.921. The molecule has 0 radical (unpaired) electrons. The van der Waals surface area contributed by atoms with Gasteiger partial charge in [-0.1, -0.05) is 23.2 Å². The van der Waals surface area contributed by atoms with Crippen LogP contribution in [-0.2, 0) is 0 Å². The van der Waals surface area contributed by atoms with Crippen LogP contribution in [0, 0.1) is 0 Å². The molecule has 0 heterocycles. The molecule has 0 saturated carbocycles. The van der Waals surface area contributed by atoms with Gasteiger partial charge < -0.3 is 14.8 Å². The van der Waals surface area contributed by atoms with Crippen LogP contribution in [0.2, 0.25) is 10.0 Å². The van der Waals surface area contributed by atoms with Crippen molar-refractivity contribution in [2.75, 3.05) is 7.11 Å². The van der Waals surface area contributed by atoms with Gasteiger partial charge >= 0.3 is 7.12 Å². The van der Waals surface area contributed by atoms with Gasteiger partial charge in [0, 0.05) is 16.6 Å². The van der Waals surface area contributed by atoms with E-state index >= 15 is 0 Å². The van der Waals surface area contributed by atoms with E-state index in [0.717, 1.165) is 0 Å². The highest BCUT2D eigenvalue weighted by Gasteiger charge is 2.19. The fraction of sp³-hybridized carbons (Fsp3) is 0.143. The van der Waals surface area contributed by atoms with Gasteiger partial charge in [-0.05, 0) is 6.07 Å². The van der Waals surface area contributed by atoms with Crippen LogP contribution in [0.4, 0.5) is 0 Å². The number of ether oxygens (including phenoxy) is 1. The Balaban J connectivity index is 3.27. The zero-order chi connectivity index (χ0) is 10.0. The second-order valence-corrected chi connectivity index (χ2v) is 3.20. The minimum absolute atomic E-state index is 0.131. The number of hydrogen-bond acceptors (Lipinski definition) is 3. The lowest BCUT2D eigenvalue weighted by molar-refractivity contribution is 0.412. The summed E-state index contributed by atoms with van der Waals surface area (Å²) < 4.78 is 4.88. The van der Waals surface area contributed by atoms with Crippen molar-refractivity contribution >= 4 is 35.8 Å². The number of hydrogen-bond donors (Lipinski definition) is 2. The highest BCUT2D eigenvalue weighted by Crippen LogP contribution is 2.25.